The van der Waals surface area contributed by atoms with Gasteiger partial charge in [0.05, 0.1) is 33.6 Å². The van der Waals surface area contributed by atoms with E-state index in [0.717, 1.165) is 77.6 Å². The van der Waals surface area contributed by atoms with E-state index in [4.69, 9.17) is 15.0 Å². The Morgan fingerprint density at radius 1 is 0.340 bits per heavy atom. The van der Waals surface area contributed by atoms with Gasteiger partial charge in [0, 0.05) is 63.8 Å². The van der Waals surface area contributed by atoms with Crippen LogP contribution in [0, 0.1) is 0 Å². The Kier molecular flexibility index (Phi) is 6.73. The van der Waals surface area contributed by atoms with Crippen LogP contribution in [0.2, 0.25) is 0 Å². The minimum Gasteiger partial charge on any atom is -0.247 e. The molecular weight excluding hydrogens is 663 g/mol. The van der Waals surface area contributed by atoms with Crippen LogP contribution in [-0.4, -0.2) is 15.0 Å². The maximum Gasteiger partial charge on any atom is 0.0972 e. The van der Waals surface area contributed by atoms with Crippen LogP contribution in [0.1, 0.15) is 0 Å². The minimum absolute atomic E-state index is 0.910. The summed E-state index contributed by atoms with van der Waals surface area (Å²) in [5.74, 6) is 0. The number of rotatable bonds is 4. The zero-order valence-electron chi connectivity index (χ0n) is 28.5. The second-order valence-electron chi connectivity index (χ2n) is 13.6. The van der Waals surface area contributed by atoms with Crippen molar-refractivity contribution in [1.29, 1.82) is 0 Å². The van der Waals surface area contributed by atoms with Crippen molar-refractivity contribution in [2.45, 2.75) is 0 Å². The van der Waals surface area contributed by atoms with E-state index in [9.17, 15) is 0 Å². The molecule has 7 aromatic carbocycles. The number of hydrogen-bond acceptors (Lipinski definition) is 4. The highest BCUT2D eigenvalue weighted by Gasteiger charge is 2.17. The maximum absolute atomic E-state index is 5.31. The smallest absolute Gasteiger partial charge is 0.0972 e. The van der Waals surface area contributed by atoms with E-state index >= 15 is 0 Å². The Bertz CT molecular complexity index is 3220. The van der Waals surface area contributed by atoms with Gasteiger partial charge >= 0.3 is 0 Å². The molecule has 246 valence electrons. The predicted molar refractivity (Wildman–Crippen MR) is 224 cm³/mol. The molecule has 11 aromatic rings. The van der Waals surface area contributed by atoms with Crippen molar-refractivity contribution >= 4 is 75.0 Å². The molecule has 0 aliphatic rings. The second kappa shape index (κ2) is 11.9. The fourth-order valence-electron chi connectivity index (χ4n) is 7.86. The van der Waals surface area contributed by atoms with E-state index in [0.29, 0.717) is 0 Å². The Morgan fingerprint density at radius 3 is 1.74 bits per heavy atom. The van der Waals surface area contributed by atoms with Crippen LogP contribution in [0.3, 0.4) is 0 Å². The zero-order valence-corrected chi connectivity index (χ0v) is 29.3. The Balaban J connectivity index is 1.09. The number of fused-ring (bicyclic) bond motifs is 10. The number of pyridine rings is 3. The highest BCUT2D eigenvalue weighted by atomic mass is 32.1. The quantitative estimate of drug-likeness (QED) is 0.172. The first-order valence-corrected chi connectivity index (χ1v) is 18.7. The van der Waals surface area contributed by atoms with Crippen molar-refractivity contribution in [2.75, 3.05) is 0 Å². The summed E-state index contributed by atoms with van der Waals surface area (Å²) in [6, 6.07) is 62.4. The van der Waals surface area contributed by atoms with Crippen molar-refractivity contribution in [3.05, 3.63) is 176 Å². The average Bonchev–Trinajstić information content (AvgIpc) is 3.62. The minimum atomic E-state index is 0.910. The van der Waals surface area contributed by atoms with Gasteiger partial charge < -0.3 is 0 Å². The Morgan fingerprint density at radius 2 is 0.962 bits per heavy atom. The van der Waals surface area contributed by atoms with Crippen molar-refractivity contribution in [3.63, 3.8) is 0 Å². The molecule has 0 saturated heterocycles. The van der Waals surface area contributed by atoms with Gasteiger partial charge in [-0.15, -0.1) is 11.3 Å². The molecule has 0 aliphatic heterocycles. The van der Waals surface area contributed by atoms with Crippen molar-refractivity contribution in [3.8, 4) is 44.9 Å². The number of hydrogen-bond donors (Lipinski definition) is 0. The molecule has 0 N–H and O–H groups in total. The fraction of sp³-hybridized carbons (Fsp3) is 0. The van der Waals surface area contributed by atoms with Gasteiger partial charge in [-0.3, -0.25) is 0 Å². The van der Waals surface area contributed by atoms with Crippen molar-refractivity contribution < 1.29 is 0 Å². The predicted octanol–water partition coefficient (Wildman–Crippen LogP) is 13.5. The molecule has 0 saturated carbocycles. The summed E-state index contributed by atoms with van der Waals surface area (Å²) >= 11 is 1.86. The fourth-order valence-corrected chi connectivity index (χ4v) is 8.97. The summed E-state index contributed by atoms with van der Waals surface area (Å²) in [4.78, 5) is 15.7. The van der Waals surface area contributed by atoms with Gasteiger partial charge in [-0.05, 0) is 53.6 Å². The molecule has 4 heteroatoms. The zero-order chi connectivity index (χ0) is 34.9. The van der Waals surface area contributed by atoms with E-state index in [1.165, 1.54) is 30.9 Å². The lowest BCUT2D eigenvalue weighted by atomic mass is 9.94. The number of aromatic nitrogens is 3. The van der Waals surface area contributed by atoms with Crippen LogP contribution in [0.5, 0.6) is 0 Å². The van der Waals surface area contributed by atoms with Crippen LogP contribution in [-0.2, 0) is 0 Å². The van der Waals surface area contributed by atoms with Crippen LogP contribution < -0.4 is 0 Å². The molecule has 4 aromatic heterocycles. The molecule has 0 bridgehead atoms. The molecular formula is C49H29N3S. The maximum atomic E-state index is 5.31. The van der Waals surface area contributed by atoms with Crippen LogP contribution in [0.25, 0.3) is 109 Å². The van der Waals surface area contributed by atoms with Crippen molar-refractivity contribution in [2.24, 2.45) is 0 Å². The molecule has 0 amide bonds. The third kappa shape index (κ3) is 4.91. The normalized spacial score (nSPS) is 11.8. The highest BCUT2D eigenvalue weighted by molar-refractivity contribution is 7.26. The molecule has 3 nitrogen and oxygen atoms in total. The first kappa shape index (κ1) is 29.9. The number of nitrogens with zero attached hydrogens (tertiary/aromatic N) is 3. The summed E-state index contributed by atoms with van der Waals surface area (Å²) < 4.78 is 2.59. The molecule has 0 unspecified atom stereocenters. The SMILES string of the molecule is c1ccc(-c2ccc3ccc4ccc(-c5cccc(-c6ccc7nc(-c8ccccc8)c8ccc9sc%10ccccc%10c9c8c7c6)c5)nc4c3n2)cc1. The summed E-state index contributed by atoms with van der Waals surface area (Å²) in [6.07, 6.45) is 0. The topological polar surface area (TPSA) is 38.7 Å². The van der Waals surface area contributed by atoms with Gasteiger partial charge in [0.15, 0.2) is 0 Å². The van der Waals surface area contributed by atoms with E-state index in [-0.39, 0.29) is 0 Å². The van der Waals surface area contributed by atoms with Crippen LogP contribution in [0.4, 0.5) is 0 Å². The first-order valence-electron chi connectivity index (χ1n) is 17.9. The average molecular weight is 692 g/mol. The lowest BCUT2D eigenvalue weighted by Crippen LogP contribution is -1.92. The third-order valence-electron chi connectivity index (χ3n) is 10.4. The lowest BCUT2D eigenvalue weighted by Gasteiger charge is -2.13. The highest BCUT2D eigenvalue weighted by Crippen LogP contribution is 2.44. The number of benzene rings is 7. The first-order chi connectivity index (χ1) is 26.2. The van der Waals surface area contributed by atoms with Crippen LogP contribution >= 0.6 is 11.3 Å². The largest absolute Gasteiger partial charge is 0.247 e. The molecule has 0 spiro atoms. The monoisotopic (exact) mass is 691 g/mol. The number of thiophene rings is 1. The summed E-state index contributed by atoms with van der Waals surface area (Å²) in [6.45, 7) is 0. The molecule has 0 fully saturated rings. The molecule has 4 heterocycles. The Labute approximate surface area is 309 Å². The van der Waals surface area contributed by atoms with E-state index < -0.39 is 0 Å². The molecule has 11 rings (SSSR count). The van der Waals surface area contributed by atoms with Gasteiger partial charge in [0.25, 0.3) is 0 Å². The van der Waals surface area contributed by atoms with Crippen LogP contribution in [0.15, 0.2) is 176 Å². The van der Waals surface area contributed by atoms with Gasteiger partial charge in [-0.25, -0.2) is 15.0 Å². The summed E-state index contributed by atoms with van der Waals surface area (Å²) in [5, 5.41) is 8.33. The summed E-state index contributed by atoms with van der Waals surface area (Å²) in [5.41, 5.74) is 11.3. The van der Waals surface area contributed by atoms with Gasteiger partial charge in [0.2, 0.25) is 0 Å². The molecule has 0 radical (unpaired) electrons. The summed E-state index contributed by atoms with van der Waals surface area (Å²) in [7, 11) is 0. The van der Waals surface area contributed by atoms with Gasteiger partial charge in [0.1, 0.15) is 0 Å². The molecule has 53 heavy (non-hydrogen) atoms. The Hall–Kier alpha value is -6.75. The van der Waals surface area contributed by atoms with E-state index in [2.05, 4.69) is 170 Å². The van der Waals surface area contributed by atoms with Gasteiger partial charge in [-0.1, -0.05) is 133 Å². The molecule has 0 aliphatic carbocycles. The standard InChI is InChI=1S/C49H29N3S/c1-3-10-30(11-4-1)40-24-20-32-18-19-33-21-25-41(51-49(33)48(32)50-40)36-15-9-14-34(28-36)35-22-26-42-39(29-35)45-38(47(52-42)31-12-5-2-6-13-31)23-27-44-46(45)37-16-7-8-17-43(37)53-44/h1-29H. The van der Waals surface area contributed by atoms with E-state index in [1.54, 1.807) is 0 Å². The lowest BCUT2D eigenvalue weighted by molar-refractivity contribution is 1.36. The molecule has 0 atom stereocenters. The van der Waals surface area contributed by atoms with Gasteiger partial charge in [-0.2, -0.15) is 0 Å². The third-order valence-corrected chi connectivity index (χ3v) is 11.6. The van der Waals surface area contributed by atoms with Crippen molar-refractivity contribution in [1.82, 2.24) is 15.0 Å². The second-order valence-corrected chi connectivity index (χ2v) is 14.7. The van der Waals surface area contributed by atoms with E-state index in [1.807, 2.05) is 17.4 Å².